The largest absolute Gasteiger partial charge is 0.302 e. The summed E-state index contributed by atoms with van der Waals surface area (Å²) in [7, 11) is -3.73. The van der Waals surface area contributed by atoms with E-state index in [-0.39, 0.29) is 20.8 Å². The summed E-state index contributed by atoms with van der Waals surface area (Å²) < 4.78 is 28.4. The first-order valence-electron chi connectivity index (χ1n) is 5.47. The summed E-state index contributed by atoms with van der Waals surface area (Å²) in [6.45, 7) is 0. The van der Waals surface area contributed by atoms with Crippen LogP contribution in [0.2, 0.25) is 10.2 Å². The molecule has 1 atom stereocenters. The molecule has 0 aliphatic carbocycles. The number of hydrogen-bond acceptors (Lipinski definition) is 5. The Bertz CT molecular complexity index is 714. The van der Waals surface area contributed by atoms with Gasteiger partial charge in [-0.05, 0) is 17.1 Å². The van der Waals surface area contributed by atoms with E-state index in [1.165, 1.54) is 0 Å². The number of carbonyl (C=O) groups is 1. The number of hydrogen-bond donors (Lipinski definition) is 0. The van der Waals surface area contributed by atoms with Gasteiger partial charge in [0.25, 0.3) is 0 Å². The van der Waals surface area contributed by atoms with E-state index < -0.39 is 15.1 Å². The number of halogens is 2. The SMILES string of the molecule is O=CC(c1snc(Cl)c1Cl)S(=O)(=O)Cc1ccccc1. The average Bonchev–Trinajstić information content (AvgIpc) is 2.72. The molecular weight excluding hydrogens is 341 g/mol. The van der Waals surface area contributed by atoms with E-state index in [1.807, 2.05) is 0 Å². The van der Waals surface area contributed by atoms with E-state index in [2.05, 4.69) is 4.37 Å². The molecule has 1 heterocycles. The van der Waals surface area contributed by atoms with Crippen LogP contribution < -0.4 is 0 Å². The molecule has 0 N–H and O–H groups in total. The number of nitrogens with zero attached hydrogens (tertiary/aromatic N) is 1. The van der Waals surface area contributed by atoms with Gasteiger partial charge in [0.15, 0.2) is 20.2 Å². The average molecular weight is 350 g/mol. The molecule has 0 bridgehead atoms. The molecule has 2 aromatic rings. The van der Waals surface area contributed by atoms with E-state index in [1.54, 1.807) is 30.3 Å². The molecule has 0 spiro atoms. The van der Waals surface area contributed by atoms with E-state index in [0.29, 0.717) is 11.8 Å². The Kier molecular flexibility index (Phi) is 4.80. The van der Waals surface area contributed by atoms with E-state index in [9.17, 15) is 13.2 Å². The molecule has 1 aromatic carbocycles. The topological polar surface area (TPSA) is 64.1 Å². The van der Waals surface area contributed by atoms with Crippen molar-refractivity contribution in [1.82, 2.24) is 4.37 Å². The Labute approximate surface area is 130 Å². The van der Waals surface area contributed by atoms with Crippen LogP contribution in [0.4, 0.5) is 0 Å². The smallest absolute Gasteiger partial charge is 0.169 e. The quantitative estimate of drug-likeness (QED) is 0.776. The zero-order valence-electron chi connectivity index (χ0n) is 9.99. The Morgan fingerprint density at radius 2 is 1.90 bits per heavy atom. The number of aldehydes is 1. The highest BCUT2D eigenvalue weighted by Crippen LogP contribution is 2.36. The molecule has 4 nitrogen and oxygen atoms in total. The van der Waals surface area contributed by atoms with Gasteiger partial charge in [-0.15, -0.1) is 0 Å². The predicted octanol–water partition coefficient (Wildman–Crippen LogP) is 3.30. The van der Waals surface area contributed by atoms with E-state index >= 15 is 0 Å². The summed E-state index contributed by atoms with van der Waals surface area (Å²) in [5.74, 6) is -0.247. The minimum atomic E-state index is -3.73. The van der Waals surface area contributed by atoms with Gasteiger partial charge < -0.3 is 4.79 Å². The summed E-state index contributed by atoms with van der Waals surface area (Å²) in [6.07, 6.45) is 0.355. The Morgan fingerprint density at radius 3 is 2.40 bits per heavy atom. The monoisotopic (exact) mass is 349 g/mol. The maximum atomic E-state index is 12.3. The standard InChI is InChI=1S/C12H9Cl2NO3S2/c13-10-11(19-15-12(10)14)9(6-16)20(17,18)7-8-4-2-1-3-5-8/h1-6,9H,7H2. The first kappa shape index (κ1) is 15.4. The number of aromatic nitrogens is 1. The van der Waals surface area contributed by atoms with Crippen molar-refractivity contribution in [2.75, 3.05) is 0 Å². The number of carbonyl (C=O) groups excluding carboxylic acids is 1. The van der Waals surface area contributed by atoms with Gasteiger partial charge in [0.2, 0.25) is 0 Å². The first-order chi connectivity index (χ1) is 9.45. The van der Waals surface area contributed by atoms with Gasteiger partial charge in [-0.2, -0.15) is 4.37 Å². The Morgan fingerprint density at radius 1 is 1.25 bits per heavy atom. The van der Waals surface area contributed by atoms with Gasteiger partial charge in [0.1, 0.15) is 6.29 Å². The van der Waals surface area contributed by atoms with E-state index in [0.717, 1.165) is 11.5 Å². The fourth-order valence-corrected chi connectivity index (χ4v) is 4.92. The van der Waals surface area contributed by atoms with Gasteiger partial charge >= 0.3 is 0 Å². The van der Waals surface area contributed by atoms with Crippen molar-refractivity contribution in [3.05, 3.63) is 50.9 Å². The second-order valence-corrected chi connectivity index (χ2v) is 7.66. The second-order valence-electron chi connectivity index (χ2n) is 4.00. The molecule has 106 valence electrons. The Balaban J connectivity index is 2.36. The minimum absolute atomic E-state index is 0.00780. The van der Waals surface area contributed by atoms with Crippen molar-refractivity contribution in [1.29, 1.82) is 0 Å². The summed E-state index contributed by atoms with van der Waals surface area (Å²) in [6, 6.07) is 8.61. The fraction of sp³-hybridized carbons (Fsp3) is 0.167. The fourth-order valence-electron chi connectivity index (χ4n) is 1.65. The third-order valence-corrected chi connectivity index (χ3v) is 6.50. The van der Waals surface area contributed by atoms with Crippen molar-refractivity contribution >= 4 is 50.9 Å². The highest BCUT2D eigenvalue weighted by Gasteiger charge is 2.31. The van der Waals surface area contributed by atoms with Crippen LogP contribution in [0.5, 0.6) is 0 Å². The van der Waals surface area contributed by atoms with Crippen LogP contribution >= 0.6 is 34.7 Å². The lowest BCUT2D eigenvalue weighted by molar-refractivity contribution is -0.107. The first-order valence-corrected chi connectivity index (χ1v) is 8.71. The van der Waals surface area contributed by atoms with Crippen LogP contribution in [0.15, 0.2) is 30.3 Å². The molecule has 8 heteroatoms. The van der Waals surface area contributed by atoms with Crippen LogP contribution in [0.25, 0.3) is 0 Å². The summed E-state index contributed by atoms with van der Waals surface area (Å²) >= 11 is 12.4. The molecule has 1 aromatic heterocycles. The third-order valence-electron chi connectivity index (χ3n) is 2.60. The lowest BCUT2D eigenvalue weighted by Crippen LogP contribution is -2.16. The van der Waals surface area contributed by atoms with Crippen molar-refractivity contribution in [3.8, 4) is 0 Å². The van der Waals surface area contributed by atoms with Crippen molar-refractivity contribution in [2.24, 2.45) is 0 Å². The van der Waals surface area contributed by atoms with Gasteiger partial charge in [-0.1, -0.05) is 53.5 Å². The lowest BCUT2D eigenvalue weighted by atomic mass is 10.2. The molecule has 0 saturated carbocycles. The zero-order valence-corrected chi connectivity index (χ0v) is 13.1. The summed E-state index contributed by atoms with van der Waals surface area (Å²) in [4.78, 5) is 11.4. The van der Waals surface area contributed by atoms with Crippen LogP contribution in [0.3, 0.4) is 0 Å². The van der Waals surface area contributed by atoms with Crippen LogP contribution in [-0.4, -0.2) is 19.1 Å². The predicted molar refractivity (Wildman–Crippen MR) is 80.0 cm³/mol. The highest BCUT2D eigenvalue weighted by molar-refractivity contribution is 7.91. The van der Waals surface area contributed by atoms with Crippen molar-refractivity contribution < 1.29 is 13.2 Å². The van der Waals surface area contributed by atoms with Crippen molar-refractivity contribution in [2.45, 2.75) is 11.0 Å². The molecule has 20 heavy (non-hydrogen) atoms. The van der Waals surface area contributed by atoms with Gasteiger partial charge in [-0.3, -0.25) is 0 Å². The number of benzene rings is 1. The van der Waals surface area contributed by atoms with Crippen molar-refractivity contribution in [3.63, 3.8) is 0 Å². The van der Waals surface area contributed by atoms with Gasteiger partial charge in [0, 0.05) is 0 Å². The zero-order chi connectivity index (χ0) is 14.8. The van der Waals surface area contributed by atoms with E-state index in [4.69, 9.17) is 23.2 Å². The molecular formula is C12H9Cl2NO3S2. The highest BCUT2D eigenvalue weighted by atomic mass is 35.5. The molecule has 0 aliphatic rings. The molecule has 1 unspecified atom stereocenters. The summed E-state index contributed by atoms with van der Waals surface area (Å²) in [5.41, 5.74) is 0.603. The van der Waals surface area contributed by atoms with Crippen LogP contribution in [-0.2, 0) is 20.4 Å². The maximum Gasteiger partial charge on any atom is 0.169 e. The Hall–Kier alpha value is -0.950. The van der Waals surface area contributed by atoms with Gasteiger partial charge in [-0.25, -0.2) is 8.42 Å². The third kappa shape index (κ3) is 3.20. The van der Waals surface area contributed by atoms with Crippen LogP contribution in [0, 0.1) is 0 Å². The number of sulfone groups is 1. The molecule has 0 aliphatic heterocycles. The number of rotatable bonds is 5. The molecule has 2 rings (SSSR count). The van der Waals surface area contributed by atoms with Crippen LogP contribution in [0.1, 0.15) is 15.7 Å². The minimum Gasteiger partial charge on any atom is -0.302 e. The van der Waals surface area contributed by atoms with Gasteiger partial charge in [0.05, 0.1) is 15.7 Å². The normalized spacial score (nSPS) is 13.1. The molecule has 0 saturated heterocycles. The molecule has 0 fully saturated rings. The molecule has 0 radical (unpaired) electrons. The second kappa shape index (κ2) is 6.22. The maximum absolute atomic E-state index is 12.3. The summed E-state index contributed by atoms with van der Waals surface area (Å²) in [5, 5.41) is -1.32. The lowest BCUT2D eigenvalue weighted by Gasteiger charge is -2.10. The molecule has 0 amide bonds.